The molecule has 1 amide bonds. The van der Waals surface area contributed by atoms with Gasteiger partial charge in [0.15, 0.2) is 0 Å². The maximum atomic E-state index is 12.2. The molecule has 1 aromatic heterocycles. The van der Waals surface area contributed by atoms with Crippen molar-refractivity contribution in [3.05, 3.63) is 23.9 Å². The van der Waals surface area contributed by atoms with E-state index < -0.39 is 0 Å². The van der Waals surface area contributed by atoms with Gasteiger partial charge in [0.1, 0.15) is 0 Å². The second-order valence-electron chi connectivity index (χ2n) is 6.27. The molecular weight excluding hydrogens is 294 g/mol. The maximum Gasteiger partial charge on any atom is 0.253 e. The lowest BCUT2D eigenvalue weighted by atomic mass is 10.0. The van der Waals surface area contributed by atoms with Gasteiger partial charge >= 0.3 is 0 Å². The molecule has 1 aromatic rings. The quantitative estimate of drug-likeness (QED) is 0.890. The van der Waals surface area contributed by atoms with Crippen molar-refractivity contribution in [2.24, 2.45) is 0 Å². The number of nitrogens with one attached hydrogen (secondary N) is 1. The van der Waals surface area contributed by atoms with Crippen LogP contribution in [0.4, 0.5) is 0 Å². The fourth-order valence-electron chi connectivity index (χ4n) is 3.24. The van der Waals surface area contributed by atoms with Gasteiger partial charge in [-0.1, -0.05) is 0 Å². The molecule has 1 N–H and O–H groups in total. The summed E-state index contributed by atoms with van der Waals surface area (Å²) in [4.78, 5) is 18.8. The third-order valence-corrected chi connectivity index (χ3v) is 4.62. The number of carbonyl (C=O) groups excluding carboxylic acids is 1. The van der Waals surface area contributed by atoms with Crippen LogP contribution in [0, 0.1) is 0 Å². The molecule has 0 unspecified atom stereocenters. The number of hydrogen-bond donors (Lipinski definition) is 1. The maximum absolute atomic E-state index is 12.2. The molecule has 6 heteroatoms. The number of aromatic nitrogens is 1. The Morgan fingerprint density at radius 2 is 2.22 bits per heavy atom. The molecular formula is C17H25N3O3. The Hall–Kier alpha value is -1.66. The number of likely N-dealkylation sites (tertiary alicyclic amines) is 1. The molecule has 2 fully saturated rings. The molecule has 2 saturated heterocycles. The highest BCUT2D eigenvalue weighted by molar-refractivity contribution is 5.94. The van der Waals surface area contributed by atoms with Crippen molar-refractivity contribution in [2.45, 2.75) is 37.8 Å². The highest BCUT2D eigenvalue weighted by atomic mass is 16.5. The van der Waals surface area contributed by atoms with Crippen molar-refractivity contribution in [3.8, 4) is 5.88 Å². The minimum absolute atomic E-state index is 0.0577. The van der Waals surface area contributed by atoms with E-state index in [4.69, 9.17) is 9.47 Å². The molecule has 0 spiro atoms. The van der Waals surface area contributed by atoms with Crippen molar-refractivity contribution < 1.29 is 14.3 Å². The lowest BCUT2D eigenvalue weighted by Crippen LogP contribution is -2.46. The van der Waals surface area contributed by atoms with Gasteiger partial charge in [0, 0.05) is 44.5 Å². The van der Waals surface area contributed by atoms with Gasteiger partial charge < -0.3 is 19.7 Å². The van der Waals surface area contributed by atoms with Crippen LogP contribution in [0.1, 0.15) is 36.0 Å². The largest absolute Gasteiger partial charge is 0.481 e. The highest BCUT2D eigenvalue weighted by Gasteiger charge is 2.24. The fourth-order valence-corrected chi connectivity index (χ4v) is 3.24. The van der Waals surface area contributed by atoms with Crippen molar-refractivity contribution in [2.75, 3.05) is 33.4 Å². The van der Waals surface area contributed by atoms with Gasteiger partial charge in [0.05, 0.1) is 18.8 Å². The number of piperidine rings is 1. The number of amides is 1. The van der Waals surface area contributed by atoms with E-state index in [0.717, 1.165) is 39.1 Å². The predicted molar refractivity (Wildman–Crippen MR) is 86.7 cm³/mol. The summed E-state index contributed by atoms with van der Waals surface area (Å²) in [6, 6.07) is 3.69. The summed E-state index contributed by atoms with van der Waals surface area (Å²) in [5.41, 5.74) is 0.576. The Kier molecular flexibility index (Phi) is 5.46. The molecule has 0 aromatic carbocycles. The first-order chi connectivity index (χ1) is 11.2. The van der Waals surface area contributed by atoms with Gasteiger partial charge in [0.25, 0.3) is 5.91 Å². The standard InChI is InChI=1S/C17H25N3O3/c1-22-16-5-4-13(11-18-16)17(21)19-14-6-8-20(9-7-14)12-15-3-2-10-23-15/h4-5,11,14-15H,2-3,6-10,12H2,1H3,(H,19,21)/t15-/m0/s1. The minimum atomic E-state index is -0.0577. The fraction of sp³-hybridized carbons (Fsp3) is 0.647. The Balaban J connectivity index is 1.43. The molecule has 2 aliphatic heterocycles. The molecule has 3 heterocycles. The molecule has 126 valence electrons. The first-order valence-electron chi connectivity index (χ1n) is 8.39. The van der Waals surface area contributed by atoms with E-state index in [9.17, 15) is 4.79 Å². The van der Waals surface area contributed by atoms with E-state index in [1.165, 1.54) is 12.8 Å². The number of pyridine rings is 1. The van der Waals surface area contributed by atoms with E-state index in [1.807, 2.05) is 0 Å². The molecule has 1 atom stereocenters. The summed E-state index contributed by atoms with van der Waals surface area (Å²) < 4.78 is 10.7. The lowest BCUT2D eigenvalue weighted by Gasteiger charge is -2.33. The van der Waals surface area contributed by atoms with Gasteiger partial charge in [-0.2, -0.15) is 0 Å². The van der Waals surface area contributed by atoms with E-state index in [2.05, 4.69) is 15.2 Å². The van der Waals surface area contributed by atoms with Crippen LogP contribution in [0.25, 0.3) is 0 Å². The average molecular weight is 319 g/mol. The van der Waals surface area contributed by atoms with E-state index in [0.29, 0.717) is 17.5 Å². The first kappa shape index (κ1) is 16.2. The summed E-state index contributed by atoms with van der Waals surface area (Å²) in [5.74, 6) is 0.460. The van der Waals surface area contributed by atoms with E-state index in [1.54, 1.807) is 25.4 Å². The van der Waals surface area contributed by atoms with Crippen LogP contribution in [-0.2, 0) is 4.74 Å². The summed E-state index contributed by atoms with van der Waals surface area (Å²) in [7, 11) is 1.56. The van der Waals surface area contributed by atoms with Crippen LogP contribution in [0.15, 0.2) is 18.3 Å². The normalized spacial score (nSPS) is 22.9. The number of rotatable bonds is 5. The Morgan fingerprint density at radius 3 is 2.83 bits per heavy atom. The Labute approximate surface area is 137 Å². The van der Waals surface area contributed by atoms with Crippen molar-refractivity contribution in [3.63, 3.8) is 0 Å². The van der Waals surface area contributed by atoms with Gasteiger partial charge in [-0.25, -0.2) is 4.98 Å². The molecule has 23 heavy (non-hydrogen) atoms. The second kappa shape index (κ2) is 7.75. The topological polar surface area (TPSA) is 63.7 Å². The third-order valence-electron chi connectivity index (χ3n) is 4.62. The summed E-state index contributed by atoms with van der Waals surface area (Å²) in [6.07, 6.45) is 6.31. The van der Waals surface area contributed by atoms with Crippen LogP contribution in [0.5, 0.6) is 5.88 Å². The average Bonchev–Trinajstić information content (AvgIpc) is 3.10. The number of hydrogen-bond acceptors (Lipinski definition) is 5. The first-order valence-corrected chi connectivity index (χ1v) is 8.39. The third kappa shape index (κ3) is 4.42. The van der Waals surface area contributed by atoms with E-state index in [-0.39, 0.29) is 11.9 Å². The second-order valence-corrected chi connectivity index (χ2v) is 6.27. The minimum Gasteiger partial charge on any atom is -0.481 e. The number of carbonyl (C=O) groups is 1. The zero-order valence-electron chi connectivity index (χ0n) is 13.7. The number of nitrogens with zero attached hydrogens (tertiary/aromatic N) is 2. The molecule has 0 saturated carbocycles. The molecule has 6 nitrogen and oxygen atoms in total. The molecule has 0 bridgehead atoms. The van der Waals surface area contributed by atoms with Gasteiger partial charge in [-0.3, -0.25) is 4.79 Å². The predicted octanol–water partition coefficient (Wildman–Crippen LogP) is 1.46. The highest BCUT2D eigenvalue weighted by Crippen LogP contribution is 2.17. The summed E-state index contributed by atoms with van der Waals surface area (Å²) in [5, 5.41) is 3.11. The van der Waals surface area contributed by atoms with Gasteiger partial charge in [-0.05, 0) is 31.7 Å². The SMILES string of the molecule is COc1ccc(C(=O)NC2CCN(C[C@@H]3CCCO3)CC2)cn1. The van der Waals surface area contributed by atoms with Crippen LogP contribution in [-0.4, -0.2) is 61.3 Å². The zero-order valence-corrected chi connectivity index (χ0v) is 13.7. The lowest BCUT2D eigenvalue weighted by molar-refractivity contribution is 0.0613. The summed E-state index contributed by atoms with van der Waals surface area (Å²) >= 11 is 0. The molecule has 3 rings (SSSR count). The van der Waals surface area contributed by atoms with Crippen LogP contribution >= 0.6 is 0 Å². The smallest absolute Gasteiger partial charge is 0.253 e. The Bertz CT molecular complexity index is 506. The number of ether oxygens (including phenoxy) is 2. The zero-order chi connectivity index (χ0) is 16.1. The van der Waals surface area contributed by atoms with Crippen LogP contribution in [0.2, 0.25) is 0 Å². The van der Waals surface area contributed by atoms with Gasteiger partial charge in [0.2, 0.25) is 5.88 Å². The van der Waals surface area contributed by atoms with E-state index >= 15 is 0 Å². The molecule has 0 radical (unpaired) electrons. The van der Waals surface area contributed by atoms with Crippen molar-refractivity contribution in [1.82, 2.24) is 15.2 Å². The van der Waals surface area contributed by atoms with Crippen LogP contribution in [0.3, 0.4) is 0 Å². The van der Waals surface area contributed by atoms with Crippen LogP contribution < -0.4 is 10.1 Å². The summed E-state index contributed by atoms with van der Waals surface area (Å²) in [6.45, 7) is 3.98. The van der Waals surface area contributed by atoms with Crippen molar-refractivity contribution in [1.29, 1.82) is 0 Å². The molecule has 2 aliphatic rings. The Morgan fingerprint density at radius 1 is 1.39 bits per heavy atom. The van der Waals surface area contributed by atoms with Gasteiger partial charge in [-0.15, -0.1) is 0 Å². The molecule has 0 aliphatic carbocycles. The number of methoxy groups -OCH3 is 1. The van der Waals surface area contributed by atoms with Crippen molar-refractivity contribution >= 4 is 5.91 Å². The monoisotopic (exact) mass is 319 g/mol.